The van der Waals surface area contributed by atoms with Crippen LogP contribution in [0.5, 0.6) is 0 Å². The van der Waals surface area contributed by atoms with Crippen LogP contribution in [0, 0.1) is 0 Å². The van der Waals surface area contributed by atoms with Crippen molar-refractivity contribution in [3.8, 4) is 0 Å². The number of nitrogens with zero attached hydrogens (tertiary/aromatic N) is 2. The monoisotopic (exact) mass is 222 g/mol. The van der Waals surface area contributed by atoms with Gasteiger partial charge in [-0.2, -0.15) is 0 Å². The van der Waals surface area contributed by atoms with Crippen LogP contribution in [0.25, 0.3) is 0 Å². The molecule has 0 radical (unpaired) electrons. The molecule has 1 aliphatic rings. The van der Waals surface area contributed by atoms with Crippen LogP contribution in [0.1, 0.15) is 31.4 Å². The summed E-state index contributed by atoms with van der Waals surface area (Å²) in [5, 5.41) is 1.20. The van der Waals surface area contributed by atoms with E-state index in [1.54, 1.807) is 11.8 Å². The lowest BCUT2D eigenvalue weighted by atomic mass is 10.1. The topological polar surface area (TPSA) is 16.1 Å². The summed E-state index contributed by atoms with van der Waals surface area (Å²) in [6.45, 7) is 4.63. The van der Waals surface area contributed by atoms with Crippen LogP contribution in [0.15, 0.2) is 23.4 Å². The van der Waals surface area contributed by atoms with Crippen molar-refractivity contribution >= 4 is 11.8 Å². The van der Waals surface area contributed by atoms with Crippen molar-refractivity contribution < 1.29 is 0 Å². The van der Waals surface area contributed by atoms with Crippen LogP contribution in [0.3, 0.4) is 0 Å². The molecule has 2 heterocycles. The number of thioether (sulfide) groups is 1. The maximum Gasteiger partial charge on any atom is 0.100 e. The van der Waals surface area contributed by atoms with Crippen molar-refractivity contribution in [3.05, 3.63) is 23.9 Å². The third-order valence-corrected chi connectivity index (χ3v) is 3.85. The highest BCUT2D eigenvalue weighted by Gasteiger charge is 2.26. The minimum absolute atomic E-state index is 0.603. The highest BCUT2D eigenvalue weighted by atomic mass is 32.2. The van der Waals surface area contributed by atoms with Crippen molar-refractivity contribution in [2.24, 2.45) is 0 Å². The summed E-state index contributed by atoms with van der Waals surface area (Å²) < 4.78 is 0. The molecule has 82 valence electrons. The predicted octanol–water partition coefficient (Wildman–Crippen LogP) is 2.96. The van der Waals surface area contributed by atoms with Gasteiger partial charge >= 0.3 is 0 Å². The Morgan fingerprint density at radius 1 is 1.60 bits per heavy atom. The van der Waals surface area contributed by atoms with Gasteiger partial charge in [0.15, 0.2) is 0 Å². The summed E-state index contributed by atoms with van der Waals surface area (Å²) in [5.41, 5.74) is 1.42. The molecule has 1 unspecified atom stereocenters. The summed E-state index contributed by atoms with van der Waals surface area (Å²) >= 11 is 1.76. The van der Waals surface area contributed by atoms with Gasteiger partial charge in [-0.05, 0) is 38.3 Å². The summed E-state index contributed by atoms with van der Waals surface area (Å²) in [5.74, 6) is 0. The van der Waals surface area contributed by atoms with E-state index in [1.165, 1.54) is 30.0 Å². The van der Waals surface area contributed by atoms with E-state index in [0.29, 0.717) is 6.04 Å². The zero-order chi connectivity index (χ0) is 10.7. The fourth-order valence-corrected chi connectivity index (χ4v) is 2.99. The Bertz CT molecular complexity index is 327. The average molecular weight is 222 g/mol. The molecule has 0 saturated carbocycles. The summed E-state index contributed by atoms with van der Waals surface area (Å²) in [4.78, 5) is 7.00. The lowest BCUT2D eigenvalue weighted by Gasteiger charge is -2.24. The first-order valence-electron chi connectivity index (χ1n) is 5.59. The molecule has 3 heteroatoms. The lowest BCUT2D eigenvalue weighted by molar-refractivity contribution is 0.268. The second-order valence-corrected chi connectivity index (χ2v) is 4.68. The van der Waals surface area contributed by atoms with Gasteiger partial charge in [0.2, 0.25) is 0 Å². The maximum absolute atomic E-state index is 4.45. The molecule has 0 N–H and O–H groups in total. The first-order chi connectivity index (χ1) is 7.36. The third-order valence-electron chi connectivity index (χ3n) is 3.12. The van der Waals surface area contributed by atoms with E-state index < -0.39 is 0 Å². The number of rotatable bonds is 3. The van der Waals surface area contributed by atoms with Gasteiger partial charge in [0, 0.05) is 17.8 Å². The largest absolute Gasteiger partial charge is 0.297 e. The zero-order valence-corrected chi connectivity index (χ0v) is 10.3. The zero-order valence-electron chi connectivity index (χ0n) is 9.44. The molecule has 2 nitrogen and oxygen atoms in total. The Balaban J connectivity index is 2.27. The van der Waals surface area contributed by atoms with Gasteiger partial charge < -0.3 is 0 Å². The fraction of sp³-hybridized carbons (Fsp3) is 0.583. The lowest BCUT2D eigenvalue weighted by Crippen LogP contribution is -2.23. The minimum Gasteiger partial charge on any atom is -0.297 e. The molecule has 0 aromatic carbocycles. The Labute approximate surface area is 96.1 Å². The Kier molecular flexibility index (Phi) is 3.65. The summed E-state index contributed by atoms with van der Waals surface area (Å²) in [6, 6.07) is 4.89. The maximum atomic E-state index is 4.45. The fourth-order valence-electron chi connectivity index (χ4n) is 2.38. The quantitative estimate of drug-likeness (QED) is 0.731. The van der Waals surface area contributed by atoms with Gasteiger partial charge in [0.1, 0.15) is 5.03 Å². The van der Waals surface area contributed by atoms with E-state index in [2.05, 4.69) is 35.2 Å². The Hall–Kier alpha value is -0.540. The van der Waals surface area contributed by atoms with Crippen molar-refractivity contribution in [1.29, 1.82) is 0 Å². The first-order valence-corrected chi connectivity index (χ1v) is 6.82. The molecule has 1 aromatic heterocycles. The Morgan fingerprint density at radius 3 is 3.20 bits per heavy atom. The average Bonchev–Trinajstić information content (AvgIpc) is 2.76. The summed E-state index contributed by atoms with van der Waals surface area (Å²) in [6.07, 6.45) is 6.60. The Morgan fingerprint density at radius 2 is 2.47 bits per heavy atom. The molecule has 1 aliphatic heterocycles. The molecule has 1 saturated heterocycles. The number of hydrogen-bond acceptors (Lipinski definition) is 3. The van der Waals surface area contributed by atoms with E-state index in [0.717, 1.165) is 6.54 Å². The van der Waals surface area contributed by atoms with Crippen LogP contribution in [-0.4, -0.2) is 29.2 Å². The van der Waals surface area contributed by atoms with Crippen LogP contribution in [0.2, 0.25) is 0 Å². The molecule has 0 aliphatic carbocycles. The van der Waals surface area contributed by atoms with Gasteiger partial charge in [0.05, 0.1) is 0 Å². The van der Waals surface area contributed by atoms with Crippen LogP contribution >= 0.6 is 11.8 Å². The van der Waals surface area contributed by atoms with Crippen LogP contribution < -0.4 is 0 Å². The second kappa shape index (κ2) is 4.99. The minimum atomic E-state index is 0.603. The molecular weight excluding hydrogens is 204 g/mol. The second-order valence-electron chi connectivity index (χ2n) is 3.89. The van der Waals surface area contributed by atoms with E-state index in [1.807, 2.05) is 6.20 Å². The molecular formula is C12H18N2S. The van der Waals surface area contributed by atoms with Gasteiger partial charge in [0.25, 0.3) is 0 Å². The number of likely N-dealkylation sites (tertiary alicyclic amines) is 1. The van der Waals surface area contributed by atoms with E-state index in [-0.39, 0.29) is 0 Å². The SMILES string of the molecule is CCN1CCCC1c1cccnc1SC. The molecule has 0 amide bonds. The molecule has 1 atom stereocenters. The van der Waals surface area contributed by atoms with E-state index >= 15 is 0 Å². The number of hydrogen-bond donors (Lipinski definition) is 0. The van der Waals surface area contributed by atoms with Gasteiger partial charge in [-0.15, -0.1) is 11.8 Å². The molecule has 2 rings (SSSR count). The molecule has 0 bridgehead atoms. The normalized spacial score (nSPS) is 22.1. The van der Waals surface area contributed by atoms with Crippen LogP contribution in [0.4, 0.5) is 0 Å². The van der Waals surface area contributed by atoms with Crippen LogP contribution in [-0.2, 0) is 0 Å². The van der Waals surface area contributed by atoms with Gasteiger partial charge in [-0.25, -0.2) is 4.98 Å². The number of aromatic nitrogens is 1. The standard InChI is InChI=1S/C12H18N2S/c1-3-14-9-5-7-11(14)10-6-4-8-13-12(10)15-2/h4,6,8,11H,3,5,7,9H2,1-2H3. The number of pyridine rings is 1. The predicted molar refractivity (Wildman–Crippen MR) is 65.2 cm³/mol. The van der Waals surface area contributed by atoms with Crippen molar-refractivity contribution in [2.75, 3.05) is 19.3 Å². The molecule has 1 aromatic rings. The van der Waals surface area contributed by atoms with Gasteiger partial charge in [-0.1, -0.05) is 13.0 Å². The molecule has 1 fully saturated rings. The summed E-state index contributed by atoms with van der Waals surface area (Å²) in [7, 11) is 0. The van der Waals surface area contributed by atoms with Crippen molar-refractivity contribution in [1.82, 2.24) is 9.88 Å². The van der Waals surface area contributed by atoms with Crippen molar-refractivity contribution in [2.45, 2.75) is 30.8 Å². The first kappa shape index (κ1) is 11.0. The molecule has 15 heavy (non-hydrogen) atoms. The smallest absolute Gasteiger partial charge is 0.100 e. The molecule has 0 spiro atoms. The highest BCUT2D eigenvalue weighted by molar-refractivity contribution is 7.98. The van der Waals surface area contributed by atoms with Gasteiger partial charge in [-0.3, -0.25) is 4.90 Å². The highest BCUT2D eigenvalue weighted by Crippen LogP contribution is 2.35. The van der Waals surface area contributed by atoms with Crippen molar-refractivity contribution in [3.63, 3.8) is 0 Å². The van der Waals surface area contributed by atoms with E-state index in [4.69, 9.17) is 0 Å². The van der Waals surface area contributed by atoms with E-state index in [9.17, 15) is 0 Å². The third kappa shape index (κ3) is 2.18.